The molecule has 0 aromatic heterocycles. The SMILES string of the molecule is CC1=C(c2ccc(C)cc2)S(=O)(=O)N=C1Nc1cc(C)ccc1C. The zero-order valence-corrected chi connectivity index (χ0v) is 15.0. The van der Waals surface area contributed by atoms with E-state index in [4.69, 9.17) is 0 Å². The van der Waals surface area contributed by atoms with Gasteiger partial charge < -0.3 is 5.32 Å². The minimum Gasteiger partial charge on any atom is -0.339 e. The maximum atomic E-state index is 12.5. The van der Waals surface area contributed by atoms with E-state index < -0.39 is 10.0 Å². The van der Waals surface area contributed by atoms with Crippen LogP contribution in [-0.2, 0) is 10.0 Å². The molecule has 0 radical (unpaired) electrons. The molecule has 3 rings (SSSR count). The number of hydrogen-bond acceptors (Lipinski definition) is 3. The summed E-state index contributed by atoms with van der Waals surface area (Å²) in [4.78, 5) is 0.273. The summed E-state index contributed by atoms with van der Waals surface area (Å²) in [5.74, 6) is 0.388. The number of hydrogen-bond donors (Lipinski definition) is 1. The van der Waals surface area contributed by atoms with E-state index in [0.717, 1.165) is 22.4 Å². The van der Waals surface area contributed by atoms with Crippen molar-refractivity contribution in [1.29, 1.82) is 0 Å². The van der Waals surface area contributed by atoms with E-state index in [-0.39, 0.29) is 4.91 Å². The first-order valence-electron chi connectivity index (χ1n) is 7.75. The van der Waals surface area contributed by atoms with Crippen molar-refractivity contribution < 1.29 is 8.42 Å². The number of nitrogens with zero attached hydrogens (tertiary/aromatic N) is 1. The van der Waals surface area contributed by atoms with Crippen LogP contribution >= 0.6 is 0 Å². The molecule has 4 nitrogen and oxygen atoms in total. The first-order chi connectivity index (χ1) is 11.3. The number of benzene rings is 2. The third-order valence-corrected chi connectivity index (χ3v) is 5.61. The summed E-state index contributed by atoms with van der Waals surface area (Å²) in [5.41, 5.74) is 5.40. The number of anilines is 1. The van der Waals surface area contributed by atoms with Crippen LogP contribution in [0.3, 0.4) is 0 Å². The second kappa shape index (κ2) is 5.91. The van der Waals surface area contributed by atoms with Crippen molar-refractivity contribution in [2.45, 2.75) is 27.7 Å². The lowest BCUT2D eigenvalue weighted by Crippen LogP contribution is -2.12. The van der Waals surface area contributed by atoms with Crippen LogP contribution in [0, 0.1) is 20.8 Å². The van der Waals surface area contributed by atoms with Crippen molar-refractivity contribution in [3.63, 3.8) is 0 Å². The summed E-state index contributed by atoms with van der Waals surface area (Å²) in [5, 5.41) is 3.18. The molecule has 0 unspecified atom stereocenters. The smallest absolute Gasteiger partial charge is 0.285 e. The second-order valence-electron chi connectivity index (χ2n) is 6.18. The van der Waals surface area contributed by atoms with Crippen LogP contribution in [0.5, 0.6) is 0 Å². The molecule has 1 N–H and O–H groups in total. The Labute approximate surface area is 143 Å². The van der Waals surface area contributed by atoms with E-state index in [2.05, 4.69) is 9.71 Å². The van der Waals surface area contributed by atoms with Crippen LogP contribution in [0.4, 0.5) is 5.69 Å². The normalized spacial score (nSPS) is 16.2. The van der Waals surface area contributed by atoms with Gasteiger partial charge in [0.1, 0.15) is 10.7 Å². The predicted molar refractivity (Wildman–Crippen MR) is 99.7 cm³/mol. The molecule has 1 aliphatic rings. The highest BCUT2D eigenvalue weighted by Crippen LogP contribution is 2.33. The van der Waals surface area contributed by atoms with Crippen LogP contribution in [-0.4, -0.2) is 14.3 Å². The Morgan fingerprint density at radius 3 is 2.17 bits per heavy atom. The van der Waals surface area contributed by atoms with Crippen molar-refractivity contribution in [3.05, 3.63) is 70.3 Å². The largest absolute Gasteiger partial charge is 0.339 e. The molecule has 0 saturated heterocycles. The minimum absolute atomic E-state index is 0.273. The van der Waals surface area contributed by atoms with Crippen LogP contribution in [0.25, 0.3) is 4.91 Å². The highest BCUT2D eigenvalue weighted by molar-refractivity contribution is 8.00. The monoisotopic (exact) mass is 340 g/mol. The average molecular weight is 340 g/mol. The molecule has 0 bridgehead atoms. The summed E-state index contributed by atoms with van der Waals surface area (Å²) in [7, 11) is -3.69. The van der Waals surface area contributed by atoms with Gasteiger partial charge in [0.15, 0.2) is 0 Å². The number of amidine groups is 1. The molecule has 0 aliphatic carbocycles. The molecule has 5 heteroatoms. The van der Waals surface area contributed by atoms with Gasteiger partial charge in [-0.1, -0.05) is 42.0 Å². The van der Waals surface area contributed by atoms with E-state index in [1.807, 2.05) is 63.2 Å². The summed E-state index contributed by atoms with van der Waals surface area (Å²) >= 11 is 0. The van der Waals surface area contributed by atoms with Crippen LogP contribution in [0.15, 0.2) is 52.4 Å². The molecular weight excluding hydrogens is 320 g/mol. The second-order valence-corrected chi connectivity index (χ2v) is 7.72. The van der Waals surface area contributed by atoms with Gasteiger partial charge in [-0.15, -0.1) is 4.40 Å². The molecular formula is C19H20N2O2S. The van der Waals surface area contributed by atoms with E-state index in [0.29, 0.717) is 17.0 Å². The zero-order chi connectivity index (χ0) is 17.5. The quantitative estimate of drug-likeness (QED) is 0.891. The summed E-state index contributed by atoms with van der Waals surface area (Å²) < 4.78 is 29.0. The Balaban J connectivity index is 2.04. The molecule has 1 aliphatic heterocycles. The van der Waals surface area contributed by atoms with Gasteiger partial charge in [0.05, 0.1) is 0 Å². The predicted octanol–water partition coefficient (Wildman–Crippen LogP) is 4.20. The van der Waals surface area contributed by atoms with Crippen molar-refractivity contribution in [1.82, 2.24) is 0 Å². The van der Waals surface area contributed by atoms with Crippen molar-refractivity contribution in [3.8, 4) is 0 Å². The van der Waals surface area contributed by atoms with Crippen molar-refractivity contribution in [2.24, 2.45) is 4.40 Å². The van der Waals surface area contributed by atoms with Gasteiger partial charge in [0.25, 0.3) is 10.0 Å². The number of rotatable bonds is 2. The molecule has 124 valence electrons. The van der Waals surface area contributed by atoms with E-state index in [1.165, 1.54) is 0 Å². The van der Waals surface area contributed by atoms with Gasteiger partial charge in [0, 0.05) is 11.3 Å². The lowest BCUT2D eigenvalue weighted by molar-refractivity contribution is 0.608. The summed E-state index contributed by atoms with van der Waals surface area (Å²) in [6.45, 7) is 7.73. The Bertz CT molecular complexity index is 969. The highest BCUT2D eigenvalue weighted by atomic mass is 32.2. The lowest BCUT2D eigenvalue weighted by Gasteiger charge is -2.11. The third kappa shape index (κ3) is 2.99. The van der Waals surface area contributed by atoms with Gasteiger partial charge in [-0.2, -0.15) is 8.42 Å². The van der Waals surface area contributed by atoms with Crippen LogP contribution in [0.1, 0.15) is 29.2 Å². The van der Waals surface area contributed by atoms with E-state index >= 15 is 0 Å². The maximum Gasteiger partial charge on any atom is 0.285 e. The van der Waals surface area contributed by atoms with Gasteiger partial charge in [-0.3, -0.25) is 0 Å². The van der Waals surface area contributed by atoms with Gasteiger partial charge >= 0.3 is 0 Å². The lowest BCUT2D eigenvalue weighted by atomic mass is 10.1. The number of aryl methyl sites for hydroxylation is 3. The maximum absolute atomic E-state index is 12.5. The topological polar surface area (TPSA) is 58.5 Å². The fourth-order valence-electron chi connectivity index (χ4n) is 2.72. The van der Waals surface area contributed by atoms with E-state index in [9.17, 15) is 8.42 Å². The fourth-order valence-corrected chi connectivity index (χ4v) is 4.15. The average Bonchev–Trinajstić information content (AvgIpc) is 2.73. The molecule has 0 spiro atoms. The third-order valence-electron chi connectivity index (χ3n) is 4.13. The number of nitrogens with one attached hydrogen (secondary N) is 1. The minimum atomic E-state index is -3.69. The van der Waals surface area contributed by atoms with Crippen molar-refractivity contribution in [2.75, 3.05) is 5.32 Å². The van der Waals surface area contributed by atoms with Crippen molar-refractivity contribution >= 4 is 26.5 Å². The Morgan fingerprint density at radius 2 is 1.50 bits per heavy atom. The fraction of sp³-hybridized carbons (Fsp3) is 0.211. The molecule has 2 aromatic carbocycles. The molecule has 0 amide bonds. The number of sulfonamides is 1. The van der Waals surface area contributed by atoms with Crippen LogP contribution < -0.4 is 5.32 Å². The van der Waals surface area contributed by atoms with E-state index in [1.54, 1.807) is 6.92 Å². The Hall–Kier alpha value is -2.40. The first kappa shape index (κ1) is 16.5. The molecule has 0 saturated carbocycles. The highest BCUT2D eigenvalue weighted by Gasteiger charge is 2.31. The molecule has 1 heterocycles. The Morgan fingerprint density at radius 1 is 0.875 bits per heavy atom. The standard InChI is InChI=1S/C19H20N2O2S/c1-12-6-9-16(10-7-12)18-15(4)19(21-24(18,22)23)20-17-11-13(2)5-8-14(17)3/h5-11H,1-4H3,(H,20,21). The summed E-state index contributed by atoms with van der Waals surface area (Å²) in [6, 6.07) is 13.5. The zero-order valence-electron chi connectivity index (χ0n) is 14.2. The first-order valence-corrected chi connectivity index (χ1v) is 9.19. The Kier molecular flexibility index (Phi) is 4.05. The van der Waals surface area contributed by atoms with Gasteiger partial charge in [-0.05, 0) is 50.5 Å². The van der Waals surface area contributed by atoms with Gasteiger partial charge in [0.2, 0.25) is 0 Å². The summed E-state index contributed by atoms with van der Waals surface area (Å²) in [6.07, 6.45) is 0. The molecule has 24 heavy (non-hydrogen) atoms. The van der Waals surface area contributed by atoms with Gasteiger partial charge in [-0.25, -0.2) is 0 Å². The van der Waals surface area contributed by atoms with Crippen LogP contribution in [0.2, 0.25) is 0 Å². The molecule has 0 fully saturated rings. The molecule has 0 atom stereocenters. The molecule has 2 aromatic rings.